The van der Waals surface area contributed by atoms with E-state index in [1.807, 2.05) is 0 Å². The molecule has 0 aliphatic heterocycles. The topological polar surface area (TPSA) is 61.5 Å². The lowest BCUT2D eigenvalue weighted by atomic mass is 9.99. The Hall–Kier alpha value is -1.76. The maximum absolute atomic E-state index is 12.9. The average Bonchev–Trinajstić information content (AvgIpc) is 2.35. The number of methoxy groups -OCH3 is 2. The Balaban J connectivity index is 3.53. The second-order valence-corrected chi connectivity index (χ2v) is 3.68. The van der Waals surface area contributed by atoms with Gasteiger partial charge in [-0.1, -0.05) is 0 Å². The number of ketones is 1. The van der Waals surface area contributed by atoms with Crippen molar-refractivity contribution in [3.05, 3.63) is 23.3 Å². The molecule has 0 heterocycles. The summed E-state index contributed by atoms with van der Waals surface area (Å²) in [4.78, 5) is 11.8. The van der Waals surface area contributed by atoms with Crippen molar-refractivity contribution in [2.75, 3.05) is 20.8 Å². The Kier molecular flexibility index (Phi) is 4.77. The fourth-order valence-corrected chi connectivity index (χ4v) is 1.70. The number of benzene rings is 1. The van der Waals surface area contributed by atoms with E-state index >= 15 is 0 Å². The van der Waals surface area contributed by atoms with Crippen LogP contribution in [0.4, 0.5) is 13.2 Å². The molecule has 0 aromatic heterocycles. The molecular weight excluding hydrogens is 263 g/mol. The summed E-state index contributed by atoms with van der Waals surface area (Å²) in [6.45, 7) is -0.0451. The van der Waals surface area contributed by atoms with E-state index in [4.69, 9.17) is 15.2 Å². The van der Waals surface area contributed by atoms with Crippen molar-refractivity contribution in [2.24, 2.45) is 5.73 Å². The SMILES string of the molecule is COc1ccc(C(F)(F)F)c(C(=O)CCN)c1OC. The summed E-state index contributed by atoms with van der Waals surface area (Å²) in [7, 11) is 2.46. The molecule has 106 valence electrons. The normalized spacial score (nSPS) is 11.3. The average molecular weight is 277 g/mol. The molecule has 1 rings (SSSR count). The molecule has 0 atom stereocenters. The van der Waals surface area contributed by atoms with Crippen LogP contribution in [0.2, 0.25) is 0 Å². The van der Waals surface area contributed by atoms with Crippen LogP contribution in [0.5, 0.6) is 11.5 Å². The maximum atomic E-state index is 12.9. The van der Waals surface area contributed by atoms with Crippen molar-refractivity contribution in [1.82, 2.24) is 0 Å². The Bertz CT molecular complexity index is 472. The zero-order valence-corrected chi connectivity index (χ0v) is 10.5. The van der Waals surface area contributed by atoms with Crippen molar-refractivity contribution in [3.63, 3.8) is 0 Å². The molecule has 4 nitrogen and oxygen atoms in total. The summed E-state index contributed by atoms with van der Waals surface area (Å²) in [5, 5.41) is 0. The Morgan fingerprint density at radius 1 is 1.26 bits per heavy atom. The maximum Gasteiger partial charge on any atom is 0.417 e. The minimum Gasteiger partial charge on any atom is -0.493 e. The summed E-state index contributed by atoms with van der Waals surface area (Å²) < 4.78 is 48.5. The molecule has 1 aromatic carbocycles. The number of ether oxygens (including phenoxy) is 2. The molecule has 19 heavy (non-hydrogen) atoms. The largest absolute Gasteiger partial charge is 0.493 e. The highest BCUT2D eigenvalue weighted by Gasteiger charge is 2.37. The molecule has 0 fully saturated rings. The van der Waals surface area contributed by atoms with E-state index in [-0.39, 0.29) is 24.5 Å². The van der Waals surface area contributed by atoms with Gasteiger partial charge in [0, 0.05) is 6.42 Å². The molecule has 0 bridgehead atoms. The monoisotopic (exact) mass is 277 g/mol. The quantitative estimate of drug-likeness (QED) is 0.838. The highest BCUT2D eigenvalue weighted by atomic mass is 19.4. The van der Waals surface area contributed by atoms with E-state index in [1.165, 1.54) is 14.2 Å². The standard InChI is InChI=1S/C12H14F3NO3/c1-18-9-4-3-7(12(13,14)15)10(11(9)19-2)8(17)5-6-16/h3-4H,5-6,16H2,1-2H3. The molecule has 0 amide bonds. The molecule has 0 saturated heterocycles. The van der Waals surface area contributed by atoms with Gasteiger partial charge in [0.15, 0.2) is 17.3 Å². The molecule has 0 spiro atoms. The third kappa shape index (κ3) is 3.17. The van der Waals surface area contributed by atoms with Crippen LogP contribution in [0.1, 0.15) is 22.3 Å². The minimum atomic E-state index is -4.65. The van der Waals surface area contributed by atoms with Crippen LogP contribution in [-0.4, -0.2) is 26.5 Å². The lowest BCUT2D eigenvalue weighted by Crippen LogP contribution is -2.17. The molecule has 1 aromatic rings. The van der Waals surface area contributed by atoms with Gasteiger partial charge in [-0.25, -0.2) is 0 Å². The van der Waals surface area contributed by atoms with E-state index < -0.39 is 23.1 Å². The smallest absolute Gasteiger partial charge is 0.417 e. The second-order valence-electron chi connectivity index (χ2n) is 3.68. The molecule has 0 radical (unpaired) electrons. The minimum absolute atomic E-state index is 0.0451. The first-order chi connectivity index (χ1) is 8.86. The van der Waals surface area contributed by atoms with E-state index in [0.29, 0.717) is 0 Å². The number of halogens is 3. The lowest BCUT2D eigenvalue weighted by Gasteiger charge is -2.17. The van der Waals surface area contributed by atoms with E-state index in [0.717, 1.165) is 12.1 Å². The van der Waals surface area contributed by atoms with Gasteiger partial charge in [-0.3, -0.25) is 4.79 Å². The van der Waals surface area contributed by atoms with E-state index in [9.17, 15) is 18.0 Å². The van der Waals surface area contributed by atoms with Crippen molar-refractivity contribution >= 4 is 5.78 Å². The number of Topliss-reactive ketones (excluding diaryl/α,β-unsaturated/α-hetero) is 1. The summed E-state index contributed by atoms with van der Waals surface area (Å²) in [6.07, 6.45) is -4.86. The predicted octanol–water partition coefficient (Wildman–Crippen LogP) is 2.25. The molecule has 0 saturated carbocycles. The number of carbonyl (C=O) groups is 1. The zero-order chi connectivity index (χ0) is 14.6. The van der Waals surface area contributed by atoms with Gasteiger partial charge >= 0.3 is 6.18 Å². The molecule has 0 unspecified atom stereocenters. The molecule has 0 aliphatic rings. The molecule has 0 aliphatic carbocycles. The zero-order valence-electron chi connectivity index (χ0n) is 10.5. The molecular formula is C12H14F3NO3. The predicted molar refractivity (Wildman–Crippen MR) is 62.5 cm³/mol. The fraction of sp³-hybridized carbons (Fsp3) is 0.417. The van der Waals surface area contributed by atoms with Gasteiger partial charge < -0.3 is 15.2 Å². The van der Waals surface area contributed by atoms with Gasteiger partial charge in [0.2, 0.25) is 0 Å². The van der Waals surface area contributed by atoms with Gasteiger partial charge in [0.1, 0.15) is 0 Å². The Labute approximate surface area is 108 Å². The van der Waals surface area contributed by atoms with Crippen molar-refractivity contribution in [2.45, 2.75) is 12.6 Å². The van der Waals surface area contributed by atoms with Crippen LogP contribution in [0.25, 0.3) is 0 Å². The molecule has 2 N–H and O–H groups in total. The third-order valence-corrected chi connectivity index (χ3v) is 2.50. The summed E-state index contributed by atoms with van der Waals surface area (Å²) in [5.41, 5.74) is 3.62. The molecule has 7 heteroatoms. The number of hydrogen-bond acceptors (Lipinski definition) is 4. The summed E-state index contributed by atoms with van der Waals surface area (Å²) >= 11 is 0. The highest BCUT2D eigenvalue weighted by Crippen LogP contribution is 2.41. The first-order valence-electron chi connectivity index (χ1n) is 5.42. The highest BCUT2D eigenvalue weighted by molar-refractivity contribution is 6.01. The lowest BCUT2D eigenvalue weighted by molar-refractivity contribution is -0.138. The van der Waals surface area contributed by atoms with Crippen LogP contribution < -0.4 is 15.2 Å². The van der Waals surface area contributed by atoms with E-state index in [1.54, 1.807) is 0 Å². The summed E-state index contributed by atoms with van der Waals surface area (Å²) in [5.74, 6) is -0.891. The number of carbonyl (C=O) groups excluding carboxylic acids is 1. The van der Waals surface area contributed by atoms with Gasteiger partial charge in [0.05, 0.1) is 25.3 Å². The van der Waals surface area contributed by atoms with Gasteiger partial charge in [-0.2, -0.15) is 13.2 Å². The Morgan fingerprint density at radius 3 is 2.32 bits per heavy atom. The Morgan fingerprint density at radius 2 is 1.89 bits per heavy atom. The fourth-order valence-electron chi connectivity index (χ4n) is 1.70. The number of alkyl halides is 3. The summed E-state index contributed by atoms with van der Waals surface area (Å²) in [6, 6.07) is 1.91. The van der Waals surface area contributed by atoms with Gasteiger partial charge in [0.25, 0.3) is 0 Å². The van der Waals surface area contributed by atoms with Crippen LogP contribution in [0.15, 0.2) is 12.1 Å². The third-order valence-electron chi connectivity index (χ3n) is 2.50. The van der Waals surface area contributed by atoms with Crippen molar-refractivity contribution in [1.29, 1.82) is 0 Å². The first-order valence-corrected chi connectivity index (χ1v) is 5.42. The number of hydrogen-bond donors (Lipinski definition) is 1. The van der Waals surface area contributed by atoms with Gasteiger partial charge in [-0.15, -0.1) is 0 Å². The van der Waals surface area contributed by atoms with Crippen LogP contribution in [0.3, 0.4) is 0 Å². The number of rotatable bonds is 5. The van der Waals surface area contributed by atoms with Crippen molar-refractivity contribution < 1.29 is 27.4 Å². The second kappa shape index (κ2) is 5.92. The van der Waals surface area contributed by atoms with Crippen molar-refractivity contribution in [3.8, 4) is 11.5 Å². The number of nitrogens with two attached hydrogens (primary N) is 1. The van der Waals surface area contributed by atoms with Crippen LogP contribution in [-0.2, 0) is 6.18 Å². The van der Waals surface area contributed by atoms with Crippen LogP contribution >= 0.6 is 0 Å². The van der Waals surface area contributed by atoms with Gasteiger partial charge in [-0.05, 0) is 18.7 Å². The first kappa shape index (κ1) is 15.3. The van der Waals surface area contributed by atoms with Crippen LogP contribution in [0, 0.1) is 0 Å². The van der Waals surface area contributed by atoms with E-state index in [2.05, 4.69) is 0 Å².